The van der Waals surface area contributed by atoms with Crippen LogP contribution in [0.1, 0.15) is 48.4 Å². The van der Waals surface area contributed by atoms with Crippen molar-refractivity contribution in [1.82, 2.24) is 14.6 Å². The highest BCUT2D eigenvalue weighted by Crippen LogP contribution is 2.19. The van der Waals surface area contributed by atoms with Gasteiger partial charge in [0.25, 0.3) is 0 Å². The van der Waals surface area contributed by atoms with Crippen molar-refractivity contribution in [3.8, 4) is 0 Å². The predicted molar refractivity (Wildman–Crippen MR) is 76.7 cm³/mol. The van der Waals surface area contributed by atoms with Crippen molar-refractivity contribution in [3.05, 3.63) is 23.0 Å². The summed E-state index contributed by atoms with van der Waals surface area (Å²) in [6, 6.07) is 1.81. The van der Waals surface area contributed by atoms with Gasteiger partial charge in [0.15, 0.2) is 5.65 Å². The molecule has 0 aliphatic rings. The van der Waals surface area contributed by atoms with Gasteiger partial charge in [-0.3, -0.25) is 0 Å². The molecule has 0 amide bonds. The standard InChI is InChI=1S/C14H20N4O2/c1-4-6-7-10-8-11(15)18-13(16-10)12(9(3)17-18)14(19)20-5-2/h8H,4-7,15H2,1-3H3. The van der Waals surface area contributed by atoms with E-state index < -0.39 is 5.97 Å². The van der Waals surface area contributed by atoms with E-state index in [1.807, 2.05) is 6.07 Å². The molecule has 20 heavy (non-hydrogen) atoms. The topological polar surface area (TPSA) is 82.5 Å². The van der Waals surface area contributed by atoms with E-state index in [1.165, 1.54) is 4.52 Å². The van der Waals surface area contributed by atoms with Crippen LogP contribution < -0.4 is 5.73 Å². The van der Waals surface area contributed by atoms with Crippen molar-refractivity contribution in [2.24, 2.45) is 0 Å². The SMILES string of the molecule is CCCCc1cc(N)n2nc(C)c(C(=O)OCC)c2n1. The molecule has 0 bridgehead atoms. The summed E-state index contributed by atoms with van der Waals surface area (Å²) in [5, 5.41) is 4.27. The number of nitrogen functional groups attached to an aromatic ring is 1. The molecule has 0 aromatic carbocycles. The fraction of sp³-hybridized carbons (Fsp3) is 0.500. The number of aromatic nitrogens is 3. The van der Waals surface area contributed by atoms with Crippen LogP contribution in [0.4, 0.5) is 5.82 Å². The van der Waals surface area contributed by atoms with E-state index in [9.17, 15) is 4.79 Å². The number of aryl methyl sites for hydroxylation is 2. The molecular formula is C14H20N4O2. The number of carbonyl (C=O) groups excluding carboxylic acids is 1. The first kappa shape index (κ1) is 14.3. The quantitative estimate of drug-likeness (QED) is 0.846. The lowest BCUT2D eigenvalue weighted by Crippen LogP contribution is -2.08. The molecule has 6 heteroatoms. The summed E-state index contributed by atoms with van der Waals surface area (Å²) < 4.78 is 6.56. The highest BCUT2D eigenvalue weighted by Gasteiger charge is 2.21. The molecule has 0 saturated heterocycles. The number of carbonyl (C=O) groups is 1. The summed E-state index contributed by atoms with van der Waals surface area (Å²) in [5.41, 5.74) is 8.33. The molecule has 2 heterocycles. The van der Waals surface area contributed by atoms with Crippen LogP contribution in [0.5, 0.6) is 0 Å². The zero-order valence-electron chi connectivity index (χ0n) is 12.1. The zero-order valence-corrected chi connectivity index (χ0v) is 12.1. The number of anilines is 1. The molecule has 2 rings (SSSR count). The molecule has 0 fully saturated rings. The zero-order chi connectivity index (χ0) is 14.7. The summed E-state index contributed by atoms with van der Waals surface area (Å²) >= 11 is 0. The van der Waals surface area contributed by atoms with E-state index >= 15 is 0 Å². The highest BCUT2D eigenvalue weighted by molar-refractivity contribution is 5.97. The molecule has 0 aliphatic carbocycles. The lowest BCUT2D eigenvalue weighted by molar-refractivity contribution is 0.0527. The maximum Gasteiger partial charge on any atom is 0.343 e. The smallest absolute Gasteiger partial charge is 0.343 e. The first-order valence-corrected chi connectivity index (χ1v) is 6.90. The Morgan fingerprint density at radius 2 is 2.20 bits per heavy atom. The number of esters is 1. The van der Waals surface area contributed by atoms with Crippen molar-refractivity contribution in [2.75, 3.05) is 12.3 Å². The van der Waals surface area contributed by atoms with Crippen LogP contribution >= 0.6 is 0 Å². The second kappa shape index (κ2) is 5.90. The lowest BCUT2D eigenvalue weighted by atomic mass is 10.2. The van der Waals surface area contributed by atoms with E-state index in [0.717, 1.165) is 25.0 Å². The molecular weight excluding hydrogens is 256 g/mol. The predicted octanol–water partition coefficient (Wildman–Crippen LogP) is 2.14. The number of hydrogen-bond donors (Lipinski definition) is 1. The lowest BCUT2D eigenvalue weighted by Gasteiger charge is -2.05. The van der Waals surface area contributed by atoms with Gasteiger partial charge in [0.2, 0.25) is 0 Å². The average Bonchev–Trinajstić information content (AvgIpc) is 2.73. The second-order valence-corrected chi connectivity index (χ2v) is 4.69. The van der Waals surface area contributed by atoms with E-state index in [2.05, 4.69) is 17.0 Å². The van der Waals surface area contributed by atoms with Crippen LogP contribution in [0.3, 0.4) is 0 Å². The first-order chi connectivity index (χ1) is 9.58. The Labute approximate surface area is 117 Å². The molecule has 6 nitrogen and oxygen atoms in total. The van der Waals surface area contributed by atoms with Crippen LogP contribution in [0, 0.1) is 6.92 Å². The minimum Gasteiger partial charge on any atom is -0.462 e. The van der Waals surface area contributed by atoms with Gasteiger partial charge in [-0.05, 0) is 26.7 Å². The number of fused-ring (bicyclic) bond motifs is 1. The van der Waals surface area contributed by atoms with Crippen molar-refractivity contribution in [3.63, 3.8) is 0 Å². The Kier molecular flexibility index (Phi) is 4.22. The summed E-state index contributed by atoms with van der Waals surface area (Å²) in [4.78, 5) is 16.5. The second-order valence-electron chi connectivity index (χ2n) is 4.69. The third-order valence-corrected chi connectivity index (χ3v) is 3.11. The van der Waals surface area contributed by atoms with Crippen LogP contribution in [0.15, 0.2) is 6.07 Å². The molecule has 0 atom stereocenters. The normalized spacial score (nSPS) is 10.9. The number of ether oxygens (including phenoxy) is 1. The van der Waals surface area contributed by atoms with Crippen LogP contribution in [-0.2, 0) is 11.2 Å². The maximum absolute atomic E-state index is 12.0. The highest BCUT2D eigenvalue weighted by atomic mass is 16.5. The minimum absolute atomic E-state index is 0.320. The van der Waals surface area contributed by atoms with Gasteiger partial charge in [0.05, 0.1) is 12.3 Å². The van der Waals surface area contributed by atoms with Gasteiger partial charge in [-0.2, -0.15) is 9.61 Å². The van der Waals surface area contributed by atoms with Crippen LogP contribution in [-0.4, -0.2) is 27.2 Å². The van der Waals surface area contributed by atoms with Crippen molar-refractivity contribution in [2.45, 2.75) is 40.0 Å². The van der Waals surface area contributed by atoms with E-state index in [1.54, 1.807) is 13.8 Å². The fourth-order valence-electron chi connectivity index (χ4n) is 2.13. The van der Waals surface area contributed by atoms with Gasteiger partial charge < -0.3 is 10.5 Å². The average molecular weight is 276 g/mol. The molecule has 2 N–H and O–H groups in total. The Morgan fingerprint density at radius 3 is 2.85 bits per heavy atom. The number of rotatable bonds is 5. The van der Waals surface area contributed by atoms with Crippen LogP contribution in [0.2, 0.25) is 0 Å². The molecule has 0 spiro atoms. The van der Waals surface area contributed by atoms with Crippen LogP contribution in [0.25, 0.3) is 5.65 Å². The summed E-state index contributed by atoms with van der Waals surface area (Å²) in [6.45, 7) is 5.97. The van der Waals surface area contributed by atoms with Gasteiger partial charge in [-0.1, -0.05) is 13.3 Å². The largest absolute Gasteiger partial charge is 0.462 e. The third-order valence-electron chi connectivity index (χ3n) is 3.11. The van der Waals surface area contributed by atoms with Gasteiger partial charge in [0.1, 0.15) is 11.4 Å². The van der Waals surface area contributed by atoms with Gasteiger partial charge >= 0.3 is 5.97 Å². The van der Waals surface area contributed by atoms with Gasteiger partial charge in [-0.15, -0.1) is 0 Å². The number of nitrogens with two attached hydrogens (primary N) is 1. The minimum atomic E-state index is -0.403. The molecule has 0 unspecified atom stereocenters. The first-order valence-electron chi connectivity index (χ1n) is 6.90. The molecule has 2 aromatic rings. The number of unbranched alkanes of at least 4 members (excludes halogenated alkanes) is 1. The summed E-state index contributed by atoms with van der Waals surface area (Å²) in [6.07, 6.45) is 2.95. The Bertz CT molecular complexity index is 634. The van der Waals surface area contributed by atoms with Gasteiger partial charge in [0, 0.05) is 11.8 Å². The van der Waals surface area contributed by atoms with E-state index in [0.29, 0.717) is 29.3 Å². The van der Waals surface area contributed by atoms with Crippen molar-refractivity contribution >= 4 is 17.4 Å². The van der Waals surface area contributed by atoms with Crippen molar-refractivity contribution in [1.29, 1.82) is 0 Å². The maximum atomic E-state index is 12.0. The molecule has 0 radical (unpaired) electrons. The van der Waals surface area contributed by atoms with Gasteiger partial charge in [-0.25, -0.2) is 9.78 Å². The molecule has 108 valence electrons. The number of hydrogen-bond acceptors (Lipinski definition) is 5. The Morgan fingerprint density at radius 1 is 1.45 bits per heavy atom. The van der Waals surface area contributed by atoms with Crippen molar-refractivity contribution < 1.29 is 9.53 Å². The molecule has 0 aliphatic heterocycles. The van der Waals surface area contributed by atoms with E-state index in [4.69, 9.17) is 10.5 Å². The fourth-order valence-corrected chi connectivity index (χ4v) is 2.13. The third kappa shape index (κ3) is 2.59. The van der Waals surface area contributed by atoms with E-state index in [-0.39, 0.29) is 0 Å². The summed E-state index contributed by atoms with van der Waals surface area (Å²) in [5.74, 6) is 0.0827. The Balaban J connectivity index is 2.54. The number of nitrogens with zero attached hydrogens (tertiary/aromatic N) is 3. The monoisotopic (exact) mass is 276 g/mol. The molecule has 0 saturated carbocycles. The Hall–Kier alpha value is -2.11. The summed E-state index contributed by atoms with van der Waals surface area (Å²) in [7, 11) is 0. The molecule has 2 aromatic heterocycles.